The fraction of sp³-hybridized carbons (Fsp3) is 0.429. The maximum Gasteiger partial charge on any atom is 0.410 e. The molecular weight excluding hydrogens is 376 g/mol. The van der Waals surface area contributed by atoms with E-state index in [-0.39, 0.29) is 30.8 Å². The van der Waals surface area contributed by atoms with E-state index < -0.39 is 0 Å². The Morgan fingerprint density at radius 2 is 1.93 bits per heavy atom. The Morgan fingerprint density at radius 3 is 2.57 bits per heavy atom. The van der Waals surface area contributed by atoms with Gasteiger partial charge in [-0.1, -0.05) is 36.4 Å². The Kier molecular flexibility index (Phi) is 7.45. The van der Waals surface area contributed by atoms with Crippen LogP contribution in [0.25, 0.3) is 0 Å². The number of likely N-dealkylation sites (tertiary alicyclic amines) is 1. The third kappa shape index (κ3) is 5.81. The molecule has 1 aliphatic heterocycles. The number of ether oxygens (including phenoxy) is 2. The van der Waals surface area contributed by atoms with Gasteiger partial charge in [0.15, 0.2) is 0 Å². The minimum Gasteiger partial charge on any atom is -0.469 e. The van der Waals surface area contributed by atoms with Gasteiger partial charge in [0.05, 0.1) is 19.6 Å². The SMILES string of the molecule is COC(=O)CC(NC1CCN(C(=O)OCc2ccccc2)CC1)c1cccs1. The number of rotatable bonds is 7. The van der Waals surface area contributed by atoms with Crippen LogP contribution in [0, 0.1) is 0 Å². The number of nitrogens with one attached hydrogen (secondary N) is 1. The van der Waals surface area contributed by atoms with E-state index in [0.29, 0.717) is 19.5 Å². The molecule has 1 unspecified atom stereocenters. The summed E-state index contributed by atoms with van der Waals surface area (Å²) in [5.41, 5.74) is 0.981. The molecule has 0 bridgehead atoms. The molecule has 0 radical (unpaired) electrons. The monoisotopic (exact) mass is 402 g/mol. The van der Waals surface area contributed by atoms with Crippen LogP contribution in [0.15, 0.2) is 47.8 Å². The lowest BCUT2D eigenvalue weighted by Crippen LogP contribution is -2.46. The van der Waals surface area contributed by atoms with E-state index in [2.05, 4.69) is 5.32 Å². The summed E-state index contributed by atoms with van der Waals surface area (Å²) in [4.78, 5) is 26.9. The fourth-order valence-corrected chi connectivity index (χ4v) is 4.09. The van der Waals surface area contributed by atoms with E-state index in [1.165, 1.54) is 7.11 Å². The van der Waals surface area contributed by atoms with Crippen molar-refractivity contribution in [1.82, 2.24) is 10.2 Å². The second-order valence-electron chi connectivity index (χ2n) is 6.82. The van der Waals surface area contributed by atoms with Crippen LogP contribution in [0.5, 0.6) is 0 Å². The van der Waals surface area contributed by atoms with Gasteiger partial charge in [0, 0.05) is 24.0 Å². The smallest absolute Gasteiger partial charge is 0.410 e. The Hall–Kier alpha value is -2.38. The second kappa shape index (κ2) is 10.2. The molecule has 1 aromatic heterocycles. The Bertz CT molecular complexity index is 743. The molecule has 28 heavy (non-hydrogen) atoms. The summed E-state index contributed by atoms with van der Waals surface area (Å²) in [6.45, 7) is 1.57. The highest BCUT2D eigenvalue weighted by molar-refractivity contribution is 7.10. The highest BCUT2D eigenvalue weighted by atomic mass is 32.1. The number of carbonyl (C=O) groups is 2. The van der Waals surface area contributed by atoms with Crippen molar-refractivity contribution in [1.29, 1.82) is 0 Å². The predicted molar refractivity (Wildman–Crippen MR) is 108 cm³/mol. The number of nitrogens with zero attached hydrogens (tertiary/aromatic N) is 1. The van der Waals surface area contributed by atoms with Gasteiger partial charge in [-0.05, 0) is 29.9 Å². The molecule has 6 nitrogen and oxygen atoms in total. The maximum absolute atomic E-state index is 12.3. The lowest BCUT2D eigenvalue weighted by Gasteiger charge is -2.33. The summed E-state index contributed by atoms with van der Waals surface area (Å²) in [6.07, 6.45) is 1.68. The number of methoxy groups -OCH3 is 1. The van der Waals surface area contributed by atoms with Crippen LogP contribution in [-0.2, 0) is 20.9 Å². The third-order valence-electron chi connectivity index (χ3n) is 4.88. The van der Waals surface area contributed by atoms with Gasteiger partial charge in [-0.2, -0.15) is 0 Å². The molecule has 2 heterocycles. The zero-order valence-electron chi connectivity index (χ0n) is 16.0. The zero-order valence-corrected chi connectivity index (χ0v) is 16.8. The van der Waals surface area contributed by atoms with Crippen LogP contribution < -0.4 is 5.32 Å². The first-order chi connectivity index (χ1) is 13.7. The van der Waals surface area contributed by atoms with Gasteiger partial charge in [-0.15, -0.1) is 11.3 Å². The van der Waals surface area contributed by atoms with E-state index in [0.717, 1.165) is 23.3 Å². The van der Waals surface area contributed by atoms with Crippen molar-refractivity contribution < 1.29 is 19.1 Å². The van der Waals surface area contributed by atoms with Gasteiger partial charge >= 0.3 is 12.1 Å². The summed E-state index contributed by atoms with van der Waals surface area (Å²) in [5, 5.41) is 5.58. The first kappa shape index (κ1) is 20.4. The minimum atomic E-state index is -0.272. The van der Waals surface area contributed by atoms with Crippen LogP contribution in [0.4, 0.5) is 4.79 Å². The highest BCUT2D eigenvalue weighted by Gasteiger charge is 2.27. The molecule has 0 saturated carbocycles. The molecule has 1 saturated heterocycles. The largest absolute Gasteiger partial charge is 0.469 e. The van der Waals surface area contributed by atoms with Gasteiger partial charge < -0.3 is 19.7 Å². The molecule has 1 N–H and O–H groups in total. The third-order valence-corrected chi connectivity index (χ3v) is 5.87. The molecule has 0 spiro atoms. The topological polar surface area (TPSA) is 67.9 Å². The molecule has 1 atom stereocenters. The second-order valence-corrected chi connectivity index (χ2v) is 7.80. The average Bonchev–Trinajstić information content (AvgIpc) is 3.27. The first-order valence-electron chi connectivity index (χ1n) is 9.47. The molecule has 2 aromatic rings. The average molecular weight is 403 g/mol. The van der Waals surface area contributed by atoms with Crippen LogP contribution >= 0.6 is 11.3 Å². The highest BCUT2D eigenvalue weighted by Crippen LogP contribution is 2.25. The zero-order chi connectivity index (χ0) is 19.8. The minimum absolute atomic E-state index is 0.0611. The van der Waals surface area contributed by atoms with Gasteiger partial charge in [0.2, 0.25) is 0 Å². The Balaban J connectivity index is 1.47. The summed E-state index contributed by atoms with van der Waals surface area (Å²) in [7, 11) is 1.41. The summed E-state index contributed by atoms with van der Waals surface area (Å²) in [5.74, 6) is -0.229. The van der Waals surface area contributed by atoms with E-state index in [1.54, 1.807) is 16.2 Å². The van der Waals surface area contributed by atoms with Crippen molar-refractivity contribution in [3.05, 3.63) is 58.3 Å². The molecule has 1 amide bonds. The van der Waals surface area contributed by atoms with Crippen molar-refractivity contribution in [2.75, 3.05) is 20.2 Å². The van der Waals surface area contributed by atoms with Gasteiger partial charge in [-0.25, -0.2) is 4.79 Å². The number of thiophene rings is 1. The van der Waals surface area contributed by atoms with Gasteiger partial charge in [0.1, 0.15) is 6.61 Å². The molecule has 7 heteroatoms. The summed E-state index contributed by atoms with van der Waals surface area (Å²) in [6, 6.07) is 13.9. The van der Waals surface area contributed by atoms with E-state index in [1.807, 2.05) is 47.8 Å². The molecule has 1 fully saturated rings. The number of benzene rings is 1. The standard InChI is InChI=1S/C21H26N2O4S/c1-26-20(24)14-18(19-8-5-13-28-19)22-17-9-11-23(12-10-17)21(25)27-15-16-6-3-2-4-7-16/h2-8,13,17-18,22H,9-12,14-15H2,1H3. The first-order valence-corrected chi connectivity index (χ1v) is 10.4. The van der Waals surface area contributed by atoms with Crippen molar-refractivity contribution in [3.8, 4) is 0 Å². The molecular formula is C21H26N2O4S. The number of piperidine rings is 1. The quantitative estimate of drug-likeness (QED) is 0.715. The Morgan fingerprint density at radius 1 is 1.18 bits per heavy atom. The fourth-order valence-electron chi connectivity index (χ4n) is 3.31. The number of hydrogen-bond acceptors (Lipinski definition) is 6. The van der Waals surface area contributed by atoms with Crippen molar-refractivity contribution >= 4 is 23.4 Å². The molecule has 3 rings (SSSR count). The number of amides is 1. The van der Waals surface area contributed by atoms with Crippen molar-refractivity contribution in [2.45, 2.75) is 38.0 Å². The van der Waals surface area contributed by atoms with Crippen LogP contribution in [-0.4, -0.2) is 43.2 Å². The molecule has 0 aliphatic carbocycles. The van der Waals surface area contributed by atoms with Crippen LogP contribution in [0.2, 0.25) is 0 Å². The normalized spacial score (nSPS) is 15.8. The lowest BCUT2D eigenvalue weighted by molar-refractivity contribution is -0.141. The van der Waals surface area contributed by atoms with E-state index >= 15 is 0 Å². The summed E-state index contributed by atoms with van der Waals surface area (Å²) >= 11 is 1.63. The van der Waals surface area contributed by atoms with Gasteiger partial charge in [-0.3, -0.25) is 4.79 Å². The van der Waals surface area contributed by atoms with E-state index in [9.17, 15) is 9.59 Å². The Labute approximate surface area is 169 Å². The summed E-state index contributed by atoms with van der Waals surface area (Å²) < 4.78 is 10.3. The number of carbonyl (C=O) groups excluding carboxylic acids is 2. The van der Waals surface area contributed by atoms with Gasteiger partial charge in [0.25, 0.3) is 0 Å². The molecule has 150 valence electrons. The maximum atomic E-state index is 12.3. The van der Waals surface area contributed by atoms with Crippen molar-refractivity contribution in [3.63, 3.8) is 0 Å². The lowest BCUT2D eigenvalue weighted by atomic mass is 10.0. The molecule has 1 aromatic carbocycles. The van der Waals surface area contributed by atoms with Crippen molar-refractivity contribution in [2.24, 2.45) is 0 Å². The molecule has 1 aliphatic rings. The van der Waals surface area contributed by atoms with Crippen LogP contribution in [0.1, 0.15) is 35.7 Å². The van der Waals surface area contributed by atoms with E-state index in [4.69, 9.17) is 9.47 Å². The number of esters is 1. The van der Waals surface area contributed by atoms with Crippen LogP contribution in [0.3, 0.4) is 0 Å². The predicted octanol–water partition coefficient (Wildman–Crippen LogP) is 3.74. The number of hydrogen-bond donors (Lipinski definition) is 1.